The zero-order valence-electron chi connectivity index (χ0n) is 16.8. The molecule has 29 heavy (non-hydrogen) atoms. The molecule has 0 saturated carbocycles. The van der Waals surface area contributed by atoms with Crippen LogP contribution in [0.15, 0.2) is 63.8 Å². The first-order chi connectivity index (χ1) is 13.9. The second-order valence-corrected chi connectivity index (χ2v) is 8.81. The normalized spacial score (nSPS) is 17.3. The molecule has 146 valence electrons. The van der Waals surface area contributed by atoms with Gasteiger partial charge in [0.1, 0.15) is 0 Å². The van der Waals surface area contributed by atoms with E-state index in [1.165, 1.54) is 34.2 Å². The van der Waals surface area contributed by atoms with Crippen LogP contribution in [0.25, 0.3) is 5.57 Å². The Morgan fingerprint density at radius 1 is 1.03 bits per heavy atom. The van der Waals surface area contributed by atoms with Crippen molar-refractivity contribution < 1.29 is 4.79 Å². The van der Waals surface area contributed by atoms with Crippen molar-refractivity contribution in [2.75, 3.05) is 4.90 Å². The Kier molecular flexibility index (Phi) is 5.39. The smallest absolute Gasteiger partial charge is 0.268 e. The molecular formula is C23H21N3OS2. The van der Waals surface area contributed by atoms with Crippen LogP contribution in [-0.4, -0.2) is 16.1 Å². The van der Waals surface area contributed by atoms with Gasteiger partial charge in [-0.2, -0.15) is 4.99 Å². The van der Waals surface area contributed by atoms with E-state index < -0.39 is 0 Å². The molecule has 0 bridgehead atoms. The second kappa shape index (κ2) is 7.97. The lowest BCUT2D eigenvalue weighted by Gasteiger charge is -2.15. The molecule has 4 rings (SSSR count). The number of nitrogens with zero attached hydrogens (tertiary/aromatic N) is 3. The third-order valence-electron chi connectivity index (χ3n) is 4.88. The molecule has 1 fully saturated rings. The highest BCUT2D eigenvalue weighted by Crippen LogP contribution is 2.40. The Bertz CT molecular complexity index is 1150. The van der Waals surface area contributed by atoms with E-state index in [1.807, 2.05) is 49.6 Å². The third-order valence-corrected chi connectivity index (χ3v) is 6.87. The Morgan fingerprint density at radius 3 is 2.45 bits per heavy atom. The summed E-state index contributed by atoms with van der Waals surface area (Å²) in [6.45, 7) is 8.13. The lowest BCUT2D eigenvalue weighted by Crippen LogP contribution is -2.28. The van der Waals surface area contributed by atoms with Gasteiger partial charge in [-0.25, -0.2) is 4.98 Å². The van der Waals surface area contributed by atoms with Gasteiger partial charge in [0.05, 0.1) is 16.3 Å². The fraction of sp³-hybridized carbons (Fsp3) is 0.174. The Hall–Kier alpha value is -2.70. The van der Waals surface area contributed by atoms with Crippen molar-refractivity contribution in [3.63, 3.8) is 0 Å². The number of thiazole rings is 1. The van der Waals surface area contributed by atoms with Crippen LogP contribution in [0.4, 0.5) is 10.8 Å². The fourth-order valence-corrected chi connectivity index (χ4v) is 4.83. The van der Waals surface area contributed by atoms with E-state index in [-0.39, 0.29) is 5.91 Å². The number of thioether (sulfide) groups is 1. The molecule has 0 atom stereocenters. The number of rotatable bonds is 3. The number of para-hydroxylation sites is 1. The summed E-state index contributed by atoms with van der Waals surface area (Å²) in [7, 11) is 0. The number of amidine groups is 1. The van der Waals surface area contributed by atoms with E-state index in [1.54, 1.807) is 4.90 Å². The predicted molar refractivity (Wildman–Crippen MR) is 124 cm³/mol. The van der Waals surface area contributed by atoms with Crippen molar-refractivity contribution in [3.8, 4) is 0 Å². The highest BCUT2D eigenvalue weighted by Gasteiger charge is 2.36. The third kappa shape index (κ3) is 3.91. The van der Waals surface area contributed by atoms with E-state index in [0.29, 0.717) is 15.2 Å². The number of anilines is 1. The molecule has 4 nitrogen and oxygen atoms in total. The van der Waals surface area contributed by atoms with Crippen molar-refractivity contribution in [1.29, 1.82) is 0 Å². The van der Waals surface area contributed by atoms with Crippen molar-refractivity contribution >= 4 is 50.6 Å². The highest BCUT2D eigenvalue weighted by molar-refractivity contribution is 8.19. The highest BCUT2D eigenvalue weighted by atomic mass is 32.2. The first kappa shape index (κ1) is 19.6. The van der Waals surface area contributed by atoms with Gasteiger partial charge in [0, 0.05) is 5.38 Å². The van der Waals surface area contributed by atoms with Crippen LogP contribution in [-0.2, 0) is 4.79 Å². The number of allylic oxidation sites excluding steroid dienone is 1. The van der Waals surface area contributed by atoms with Gasteiger partial charge in [-0.05, 0) is 73.9 Å². The summed E-state index contributed by atoms with van der Waals surface area (Å²) in [5.74, 6) is -0.0519. The fourth-order valence-electron chi connectivity index (χ4n) is 3.06. The quantitative estimate of drug-likeness (QED) is 0.470. The lowest BCUT2D eigenvalue weighted by atomic mass is 10.0. The van der Waals surface area contributed by atoms with Crippen molar-refractivity contribution in [1.82, 2.24) is 4.98 Å². The maximum absolute atomic E-state index is 13.4. The number of carbonyl (C=O) groups excluding carboxylic acids is 1. The van der Waals surface area contributed by atoms with Gasteiger partial charge >= 0.3 is 0 Å². The van der Waals surface area contributed by atoms with E-state index in [2.05, 4.69) is 37.0 Å². The topological polar surface area (TPSA) is 45.6 Å². The van der Waals surface area contributed by atoms with Crippen LogP contribution in [0.3, 0.4) is 0 Å². The van der Waals surface area contributed by atoms with E-state index in [4.69, 9.17) is 4.99 Å². The van der Waals surface area contributed by atoms with Gasteiger partial charge < -0.3 is 0 Å². The molecule has 2 aromatic carbocycles. The molecule has 1 aliphatic rings. The monoisotopic (exact) mass is 419 g/mol. The number of aromatic nitrogens is 1. The van der Waals surface area contributed by atoms with Crippen LogP contribution < -0.4 is 4.90 Å². The molecule has 0 spiro atoms. The number of aliphatic imine (C=N–C) groups is 1. The van der Waals surface area contributed by atoms with Gasteiger partial charge in [0.15, 0.2) is 5.17 Å². The predicted octanol–water partition coefficient (Wildman–Crippen LogP) is 6.27. The molecular weight excluding hydrogens is 398 g/mol. The molecule has 1 aromatic heterocycles. The maximum atomic E-state index is 13.4. The van der Waals surface area contributed by atoms with Crippen LogP contribution in [0, 0.1) is 20.8 Å². The number of aryl methyl sites for hydroxylation is 3. The van der Waals surface area contributed by atoms with Crippen LogP contribution >= 0.6 is 23.1 Å². The SMILES string of the molecule is C/C(=C1/S/C(=N/c2nc(C)cs2)N(c2ccccc2)C1=O)c1ccc(C)c(C)c1. The summed E-state index contributed by atoms with van der Waals surface area (Å²) in [4.78, 5) is 25.0. The van der Waals surface area contributed by atoms with Crippen molar-refractivity contribution in [3.05, 3.63) is 81.2 Å². The largest absolute Gasteiger partial charge is 0.271 e. The maximum Gasteiger partial charge on any atom is 0.271 e. The molecule has 3 aromatic rings. The Morgan fingerprint density at radius 2 is 1.79 bits per heavy atom. The van der Waals surface area contributed by atoms with Gasteiger partial charge in [0.25, 0.3) is 5.91 Å². The minimum atomic E-state index is -0.0519. The summed E-state index contributed by atoms with van der Waals surface area (Å²) < 4.78 is 0. The van der Waals surface area contributed by atoms with E-state index in [9.17, 15) is 4.79 Å². The molecule has 0 radical (unpaired) electrons. The number of hydrogen-bond donors (Lipinski definition) is 0. The number of benzene rings is 2. The van der Waals surface area contributed by atoms with Gasteiger partial charge in [-0.15, -0.1) is 11.3 Å². The zero-order chi connectivity index (χ0) is 20.5. The van der Waals surface area contributed by atoms with E-state index >= 15 is 0 Å². The minimum Gasteiger partial charge on any atom is -0.268 e. The Labute approximate surface area is 179 Å². The van der Waals surface area contributed by atoms with Gasteiger partial charge in [-0.1, -0.05) is 36.4 Å². The average molecular weight is 420 g/mol. The molecule has 1 saturated heterocycles. The zero-order valence-corrected chi connectivity index (χ0v) is 18.4. The summed E-state index contributed by atoms with van der Waals surface area (Å²) in [6, 6.07) is 16.0. The molecule has 0 aliphatic carbocycles. The summed E-state index contributed by atoms with van der Waals surface area (Å²) in [6.07, 6.45) is 0. The lowest BCUT2D eigenvalue weighted by molar-refractivity contribution is -0.113. The van der Waals surface area contributed by atoms with Crippen molar-refractivity contribution in [2.45, 2.75) is 27.7 Å². The minimum absolute atomic E-state index is 0.0519. The van der Waals surface area contributed by atoms with Crippen LogP contribution in [0.5, 0.6) is 0 Å². The number of amides is 1. The van der Waals surface area contributed by atoms with Crippen LogP contribution in [0.2, 0.25) is 0 Å². The van der Waals surface area contributed by atoms with Gasteiger partial charge in [0.2, 0.25) is 5.13 Å². The molecule has 2 heterocycles. The van der Waals surface area contributed by atoms with Gasteiger partial charge in [-0.3, -0.25) is 9.69 Å². The first-order valence-electron chi connectivity index (χ1n) is 9.30. The number of carbonyl (C=O) groups is 1. The molecule has 6 heteroatoms. The van der Waals surface area contributed by atoms with Crippen molar-refractivity contribution in [2.24, 2.45) is 4.99 Å². The summed E-state index contributed by atoms with van der Waals surface area (Å²) in [5, 5.41) is 3.25. The standard InChI is InChI=1S/C23H21N3OS2/c1-14-10-11-18(12-15(14)2)17(4)20-21(27)26(19-8-6-5-7-9-19)23(29-20)25-22-24-16(3)13-28-22/h5-13H,1-4H3/b20-17-,25-23+. The molecule has 0 N–H and O–H groups in total. The summed E-state index contributed by atoms with van der Waals surface area (Å²) >= 11 is 2.89. The molecule has 1 aliphatic heterocycles. The van der Waals surface area contributed by atoms with Crippen LogP contribution in [0.1, 0.15) is 29.3 Å². The summed E-state index contributed by atoms with van der Waals surface area (Å²) in [5.41, 5.74) is 6.21. The first-order valence-corrected chi connectivity index (χ1v) is 11.0. The molecule has 1 amide bonds. The average Bonchev–Trinajstić information content (AvgIpc) is 3.27. The molecule has 0 unspecified atom stereocenters. The van der Waals surface area contributed by atoms with E-state index in [0.717, 1.165) is 22.5 Å². The number of hydrogen-bond acceptors (Lipinski definition) is 5. The Balaban J connectivity index is 1.82. The second-order valence-electron chi connectivity index (χ2n) is 7.00.